The molecular weight excluding hydrogens is 278 g/mol. The Labute approximate surface area is 118 Å². The molecule has 1 aromatic heterocycles. The molecule has 0 aliphatic carbocycles. The van der Waals surface area contributed by atoms with E-state index in [4.69, 9.17) is 9.47 Å². The van der Waals surface area contributed by atoms with Crippen LogP contribution in [-0.4, -0.2) is 38.9 Å². The summed E-state index contributed by atoms with van der Waals surface area (Å²) in [6, 6.07) is 4.48. The molecule has 0 spiro atoms. The highest BCUT2D eigenvalue weighted by Crippen LogP contribution is 2.26. The number of esters is 2. The molecule has 1 saturated heterocycles. The number of H-pyrrole nitrogens is 1. The molecule has 1 N–H and O–H groups in total. The van der Waals surface area contributed by atoms with E-state index in [0.717, 1.165) is 0 Å². The highest BCUT2D eigenvalue weighted by Gasteiger charge is 2.47. The van der Waals surface area contributed by atoms with Gasteiger partial charge in [0.05, 0.1) is 0 Å². The lowest BCUT2D eigenvalue weighted by molar-refractivity contribution is -0.236. The Morgan fingerprint density at radius 1 is 1.14 bits per heavy atom. The van der Waals surface area contributed by atoms with Gasteiger partial charge < -0.3 is 9.47 Å². The minimum absolute atomic E-state index is 0.162. The van der Waals surface area contributed by atoms with Crippen molar-refractivity contribution in [3.05, 3.63) is 23.8 Å². The summed E-state index contributed by atoms with van der Waals surface area (Å²) in [5.74, 6) is -5.49. The van der Waals surface area contributed by atoms with Gasteiger partial charge in [0.2, 0.25) is 5.92 Å². The Bertz CT molecular complexity index is 744. The summed E-state index contributed by atoms with van der Waals surface area (Å²) < 4.78 is 9.87. The number of ether oxygens (including phenoxy) is 2. The van der Waals surface area contributed by atoms with Crippen LogP contribution in [0, 0.1) is 5.92 Å². The normalized spacial score (nSPS) is 18.4. The minimum Gasteiger partial charge on any atom is -0.422 e. The first-order valence-corrected chi connectivity index (χ1v) is 6.18. The van der Waals surface area contributed by atoms with E-state index in [1.807, 2.05) is 0 Å². The van der Waals surface area contributed by atoms with Crippen LogP contribution < -0.4 is 0 Å². The monoisotopic (exact) mass is 289 g/mol. The van der Waals surface area contributed by atoms with Gasteiger partial charge in [-0.1, -0.05) is 0 Å². The van der Waals surface area contributed by atoms with Crippen molar-refractivity contribution < 1.29 is 23.9 Å². The second kappa shape index (κ2) is 4.37. The predicted molar refractivity (Wildman–Crippen MR) is 68.0 cm³/mol. The number of cyclic esters (lactones) is 2. The van der Waals surface area contributed by atoms with Crippen molar-refractivity contribution in [3.63, 3.8) is 0 Å². The molecule has 8 heteroatoms. The van der Waals surface area contributed by atoms with E-state index in [0.29, 0.717) is 11.0 Å². The van der Waals surface area contributed by atoms with Gasteiger partial charge in [-0.15, -0.1) is 0 Å². The number of rotatable bonds is 2. The molecule has 1 fully saturated rings. The van der Waals surface area contributed by atoms with Crippen LogP contribution in [-0.2, 0) is 19.1 Å². The van der Waals surface area contributed by atoms with Crippen LogP contribution >= 0.6 is 0 Å². The van der Waals surface area contributed by atoms with Crippen LogP contribution in [0.4, 0.5) is 0 Å². The standard InChI is InChI=1S/C13H11N3O5/c1-13(2)20-11(18)9(12(19)21-13)10(17)6-3-4-7-8(5-6)15-16-14-7/h3-5,9H,1-2H3,(H,14,15,16). The van der Waals surface area contributed by atoms with Gasteiger partial charge in [0.25, 0.3) is 5.79 Å². The summed E-state index contributed by atoms with van der Waals surface area (Å²) in [6.07, 6.45) is 0. The molecule has 0 radical (unpaired) electrons. The Balaban J connectivity index is 1.94. The fraction of sp³-hybridized carbons (Fsp3) is 0.308. The quantitative estimate of drug-likeness (QED) is 0.489. The van der Waals surface area contributed by atoms with Crippen LogP contribution in [0.2, 0.25) is 0 Å². The van der Waals surface area contributed by atoms with Gasteiger partial charge in [-0.3, -0.25) is 14.4 Å². The van der Waals surface area contributed by atoms with Crippen molar-refractivity contribution in [2.45, 2.75) is 19.6 Å². The summed E-state index contributed by atoms with van der Waals surface area (Å²) >= 11 is 0. The summed E-state index contributed by atoms with van der Waals surface area (Å²) in [6.45, 7) is 2.84. The van der Waals surface area contributed by atoms with E-state index in [-0.39, 0.29) is 5.56 Å². The van der Waals surface area contributed by atoms with Gasteiger partial charge in [0.1, 0.15) is 11.0 Å². The zero-order chi connectivity index (χ0) is 15.2. The van der Waals surface area contributed by atoms with E-state index in [2.05, 4.69) is 15.4 Å². The van der Waals surface area contributed by atoms with Gasteiger partial charge in [-0.25, -0.2) is 0 Å². The van der Waals surface area contributed by atoms with Gasteiger partial charge in [-0.2, -0.15) is 15.4 Å². The van der Waals surface area contributed by atoms with Crippen LogP contribution in [0.5, 0.6) is 0 Å². The lowest BCUT2D eigenvalue weighted by Gasteiger charge is -2.32. The van der Waals surface area contributed by atoms with Crippen molar-refractivity contribution in [2.75, 3.05) is 0 Å². The number of benzene rings is 1. The van der Waals surface area contributed by atoms with Gasteiger partial charge in [-0.05, 0) is 18.2 Å². The lowest BCUT2D eigenvalue weighted by Crippen LogP contribution is -2.49. The molecule has 1 aliphatic heterocycles. The fourth-order valence-corrected chi connectivity index (χ4v) is 2.09. The number of hydrogen-bond acceptors (Lipinski definition) is 7. The molecule has 0 atom stereocenters. The molecule has 0 bridgehead atoms. The Morgan fingerprint density at radius 3 is 2.43 bits per heavy atom. The molecule has 2 aromatic rings. The van der Waals surface area contributed by atoms with Crippen LogP contribution in [0.15, 0.2) is 18.2 Å². The molecule has 1 aromatic carbocycles. The average molecular weight is 289 g/mol. The zero-order valence-electron chi connectivity index (χ0n) is 11.2. The topological polar surface area (TPSA) is 111 Å². The number of aromatic nitrogens is 3. The second-order valence-corrected chi connectivity index (χ2v) is 5.07. The van der Waals surface area contributed by atoms with E-state index >= 15 is 0 Å². The first-order valence-electron chi connectivity index (χ1n) is 6.18. The van der Waals surface area contributed by atoms with Gasteiger partial charge >= 0.3 is 11.9 Å². The van der Waals surface area contributed by atoms with Crippen molar-refractivity contribution in [1.82, 2.24) is 15.4 Å². The maximum atomic E-state index is 12.3. The highest BCUT2D eigenvalue weighted by atomic mass is 16.7. The van der Waals surface area contributed by atoms with Gasteiger partial charge in [0, 0.05) is 19.4 Å². The summed E-state index contributed by atoms with van der Waals surface area (Å²) in [4.78, 5) is 36.1. The molecule has 21 heavy (non-hydrogen) atoms. The van der Waals surface area contributed by atoms with E-state index in [9.17, 15) is 14.4 Å². The second-order valence-electron chi connectivity index (χ2n) is 5.07. The zero-order valence-corrected chi connectivity index (χ0v) is 11.2. The van der Waals surface area contributed by atoms with Crippen LogP contribution in [0.25, 0.3) is 11.0 Å². The Morgan fingerprint density at radius 2 is 1.76 bits per heavy atom. The van der Waals surface area contributed by atoms with Crippen LogP contribution in [0.3, 0.4) is 0 Å². The number of nitrogens with zero attached hydrogens (tertiary/aromatic N) is 2. The molecule has 0 saturated carbocycles. The third kappa shape index (κ3) is 2.24. The summed E-state index contributed by atoms with van der Waals surface area (Å²) in [5, 5.41) is 10.1. The molecule has 0 amide bonds. The molecule has 108 valence electrons. The number of fused-ring (bicyclic) bond motifs is 1. The number of hydrogen-bond donors (Lipinski definition) is 1. The third-order valence-corrected chi connectivity index (χ3v) is 3.03. The summed E-state index contributed by atoms with van der Waals surface area (Å²) in [5.41, 5.74) is 1.19. The Hall–Kier alpha value is -2.77. The molecular formula is C13H11N3O5. The minimum atomic E-state index is -1.61. The molecule has 0 unspecified atom stereocenters. The van der Waals surface area contributed by atoms with E-state index < -0.39 is 29.4 Å². The summed E-state index contributed by atoms with van der Waals surface area (Å²) in [7, 11) is 0. The largest absolute Gasteiger partial charge is 0.422 e. The number of carbonyl (C=O) groups excluding carboxylic acids is 3. The van der Waals surface area contributed by atoms with Crippen molar-refractivity contribution in [3.8, 4) is 0 Å². The first-order chi connectivity index (χ1) is 9.87. The lowest BCUT2D eigenvalue weighted by atomic mass is 9.96. The highest BCUT2D eigenvalue weighted by molar-refractivity contribution is 6.21. The smallest absolute Gasteiger partial charge is 0.331 e. The molecule has 2 heterocycles. The number of nitrogens with one attached hydrogen (secondary N) is 1. The molecule has 3 rings (SSSR count). The number of carbonyl (C=O) groups is 3. The Kier molecular flexibility index (Phi) is 2.75. The fourth-order valence-electron chi connectivity index (χ4n) is 2.09. The van der Waals surface area contributed by atoms with Gasteiger partial charge in [0.15, 0.2) is 5.78 Å². The maximum absolute atomic E-state index is 12.3. The van der Waals surface area contributed by atoms with Crippen molar-refractivity contribution in [1.29, 1.82) is 0 Å². The van der Waals surface area contributed by atoms with Crippen LogP contribution in [0.1, 0.15) is 24.2 Å². The van der Waals surface area contributed by atoms with Crippen molar-refractivity contribution >= 4 is 28.8 Å². The number of ketones is 1. The first kappa shape index (κ1) is 13.2. The number of aromatic amines is 1. The van der Waals surface area contributed by atoms with Crippen molar-refractivity contribution in [2.24, 2.45) is 5.92 Å². The third-order valence-electron chi connectivity index (χ3n) is 3.03. The van der Waals surface area contributed by atoms with E-state index in [1.54, 1.807) is 6.07 Å². The van der Waals surface area contributed by atoms with E-state index in [1.165, 1.54) is 26.0 Å². The SMILES string of the molecule is CC1(C)OC(=O)C(C(=O)c2ccc3n[nH]nc3c2)C(=O)O1. The maximum Gasteiger partial charge on any atom is 0.331 e. The molecule has 1 aliphatic rings. The molecule has 8 nitrogen and oxygen atoms in total. The number of Topliss-reactive ketones (excluding diaryl/α,β-unsaturated/α-hetero) is 1. The average Bonchev–Trinajstić information content (AvgIpc) is 2.82. The predicted octanol–water partition coefficient (Wildman–Crippen LogP) is 0.593.